The maximum absolute atomic E-state index is 14.5. The number of hydrogen-bond acceptors (Lipinski definition) is 4. The lowest BCUT2D eigenvalue weighted by atomic mass is 9.80. The lowest BCUT2D eigenvalue weighted by molar-refractivity contribution is -0.162. The Labute approximate surface area is 131 Å². The molecule has 3 aliphatic rings. The summed E-state index contributed by atoms with van der Waals surface area (Å²) in [4.78, 5) is 16.5. The number of morpholine rings is 1. The molecule has 2 aliphatic heterocycles. The maximum atomic E-state index is 14.5. The third kappa shape index (κ3) is 3.14. The van der Waals surface area contributed by atoms with Crippen molar-refractivity contribution in [1.82, 2.24) is 9.80 Å². The second-order valence-electron chi connectivity index (χ2n) is 6.91. The fraction of sp³-hybridized carbons (Fsp3) is 0.938. The second-order valence-corrected chi connectivity index (χ2v) is 6.91. The molecule has 0 aromatic heterocycles. The Hall–Kier alpha value is -0.720. The molecular weight excluding hydrogens is 287 g/mol. The van der Waals surface area contributed by atoms with Gasteiger partial charge >= 0.3 is 0 Å². The number of carbonyl (C=O) groups excluding carboxylic acids is 1. The molecule has 0 bridgehead atoms. The van der Waals surface area contributed by atoms with Crippen LogP contribution in [0.4, 0.5) is 4.39 Å². The lowest BCUT2D eigenvalue weighted by Crippen LogP contribution is -2.61. The van der Waals surface area contributed by atoms with E-state index in [-0.39, 0.29) is 5.91 Å². The first-order chi connectivity index (χ1) is 10.6. The van der Waals surface area contributed by atoms with Crippen LogP contribution in [0.25, 0.3) is 0 Å². The maximum Gasteiger partial charge on any atom is 0.260 e. The highest BCUT2D eigenvalue weighted by Gasteiger charge is 2.49. The summed E-state index contributed by atoms with van der Waals surface area (Å²) in [6.45, 7) is 7.34. The number of ether oxygens (including phenoxy) is 2. The van der Waals surface area contributed by atoms with E-state index in [0.29, 0.717) is 45.8 Å². The standard InChI is InChI=1S/C16H27FN2O3/c1-2-6-18-7-10-22-15(11-18)12-19(8-9-21-13-15)14(20)16(17)4-3-5-16/h2-13H2,1H3/t15-/m0/s1. The molecule has 0 aromatic carbocycles. The predicted molar refractivity (Wildman–Crippen MR) is 80.5 cm³/mol. The monoisotopic (exact) mass is 314 g/mol. The molecule has 2 saturated heterocycles. The molecule has 3 rings (SSSR count). The molecule has 1 aliphatic carbocycles. The van der Waals surface area contributed by atoms with E-state index in [2.05, 4.69) is 11.8 Å². The second kappa shape index (κ2) is 6.42. The van der Waals surface area contributed by atoms with Crippen LogP contribution in [0.1, 0.15) is 32.6 Å². The SMILES string of the molecule is CCCN1CCO[C@@]2(COCCN(C(=O)C3(F)CCC3)C2)C1. The molecule has 126 valence electrons. The van der Waals surface area contributed by atoms with E-state index < -0.39 is 11.3 Å². The largest absolute Gasteiger partial charge is 0.376 e. The van der Waals surface area contributed by atoms with Gasteiger partial charge in [0.25, 0.3) is 5.91 Å². The van der Waals surface area contributed by atoms with Crippen LogP contribution < -0.4 is 0 Å². The van der Waals surface area contributed by atoms with Crippen LogP contribution >= 0.6 is 0 Å². The first-order valence-corrected chi connectivity index (χ1v) is 8.49. The summed E-state index contributed by atoms with van der Waals surface area (Å²) in [5.74, 6) is -0.361. The van der Waals surface area contributed by atoms with Gasteiger partial charge in [-0.25, -0.2) is 4.39 Å². The Morgan fingerprint density at radius 2 is 2.05 bits per heavy atom. The summed E-state index contributed by atoms with van der Waals surface area (Å²) in [7, 11) is 0. The summed E-state index contributed by atoms with van der Waals surface area (Å²) in [6.07, 6.45) is 2.61. The smallest absolute Gasteiger partial charge is 0.260 e. The van der Waals surface area contributed by atoms with E-state index >= 15 is 0 Å². The summed E-state index contributed by atoms with van der Waals surface area (Å²) >= 11 is 0. The molecule has 1 saturated carbocycles. The fourth-order valence-electron chi connectivity index (χ4n) is 3.68. The fourth-order valence-corrected chi connectivity index (χ4v) is 3.68. The molecular formula is C16H27FN2O3. The Kier molecular flexibility index (Phi) is 4.71. The van der Waals surface area contributed by atoms with Crippen molar-refractivity contribution in [1.29, 1.82) is 0 Å². The number of rotatable bonds is 3. The minimum absolute atomic E-state index is 0.360. The first-order valence-electron chi connectivity index (χ1n) is 8.49. The van der Waals surface area contributed by atoms with Gasteiger partial charge < -0.3 is 14.4 Å². The number of hydrogen-bond donors (Lipinski definition) is 0. The van der Waals surface area contributed by atoms with Crippen molar-refractivity contribution in [2.45, 2.75) is 43.9 Å². The minimum Gasteiger partial charge on any atom is -0.376 e. The van der Waals surface area contributed by atoms with Crippen LogP contribution in [0.5, 0.6) is 0 Å². The van der Waals surface area contributed by atoms with Gasteiger partial charge in [-0.05, 0) is 32.2 Å². The van der Waals surface area contributed by atoms with Crippen LogP contribution in [0.15, 0.2) is 0 Å². The molecule has 0 unspecified atom stereocenters. The molecule has 6 heteroatoms. The van der Waals surface area contributed by atoms with E-state index in [1.807, 2.05) is 0 Å². The van der Waals surface area contributed by atoms with Gasteiger partial charge in [-0.15, -0.1) is 0 Å². The van der Waals surface area contributed by atoms with Gasteiger partial charge in [0, 0.05) is 19.6 Å². The van der Waals surface area contributed by atoms with Crippen LogP contribution in [-0.2, 0) is 14.3 Å². The van der Waals surface area contributed by atoms with Crippen molar-refractivity contribution in [3.05, 3.63) is 0 Å². The van der Waals surface area contributed by atoms with Gasteiger partial charge in [0.05, 0.1) is 26.4 Å². The summed E-state index contributed by atoms with van der Waals surface area (Å²) in [5.41, 5.74) is -2.14. The van der Waals surface area contributed by atoms with Crippen LogP contribution in [0, 0.1) is 0 Å². The molecule has 0 N–H and O–H groups in total. The lowest BCUT2D eigenvalue weighted by Gasteiger charge is -2.44. The number of halogens is 1. The van der Waals surface area contributed by atoms with Gasteiger partial charge in [-0.3, -0.25) is 9.69 Å². The quantitative estimate of drug-likeness (QED) is 0.785. The van der Waals surface area contributed by atoms with Gasteiger partial charge in [-0.2, -0.15) is 0 Å². The van der Waals surface area contributed by atoms with Gasteiger partial charge in [-0.1, -0.05) is 6.92 Å². The molecule has 3 fully saturated rings. The van der Waals surface area contributed by atoms with E-state index in [9.17, 15) is 9.18 Å². The zero-order valence-electron chi connectivity index (χ0n) is 13.5. The van der Waals surface area contributed by atoms with Gasteiger partial charge in [0.1, 0.15) is 5.60 Å². The van der Waals surface area contributed by atoms with E-state index in [0.717, 1.165) is 32.5 Å². The van der Waals surface area contributed by atoms with Crippen molar-refractivity contribution in [3.63, 3.8) is 0 Å². The third-order valence-electron chi connectivity index (χ3n) is 5.03. The van der Waals surface area contributed by atoms with Gasteiger partial charge in [0.15, 0.2) is 5.67 Å². The van der Waals surface area contributed by atoms with Crippen LogP contribution in [0.3, 0.4) is 0 Å². The van der Waals surface area contributed by atoms with Crippen molar-refractivity contribution in [2.24, 2.45) is 0 Å². The van der Waals surface area contributed by atoms with Crippen molar-refractivity contribution < 1.29 is 18.7 Å². The Morgan fingerprint density at radius 1 is 1.23 bits per heavy atom. The Bertz CT molecular complexity index is 414. The summed E-state index contributed by atoms with van der Waals surface area (Å²) in [6, 6.07) is 0. The summed E-state index contributed by atoms with van der Waals surface area (Å²) < 4.78 is 26.2. The number of alkyl halides is 1. The normalized spacial score (nSPS) is 32.5. The Balaban J connectivity index is 1.70. The van der Waals surface area contributed by atoms with E-state index in [1.165, 1.54) is 0 Å². The average Bonchev–Trinajstić information content (AvgIpc) is 2.67. The molecule has 22 heavy (non-hydrogen) atoms. The van der Waals surface area contributed by atoms with Crippen LogP contribution in [-0.4, -0.2) is 79.5 Å². The van der Waals surface area contributed by atoms with Crippen molar-refractivity contribution >= 4 is 5.91 Å². The number of amides is 1. The topological polar surface area (TPSA) is 42.0 Å². The van der Waals surface area contributed by atoms with Crippen molar-refractivity contribution in [3.8, 4) is 0 Å². The third-order valence-corrected chi connectivity index (χ3v) is 5.03. The van der Waals surface area contributed by atoms with E-state index in [1.54, 1.807) is 4.90 Å². The average molecular weight is 314 g/mol. The molecule has 2 heterocycles. The van der Waals surface area contributed by atoms with E-state index in [4.69, 9.17) is 9.47 Å². The van der Waals surface area contributed by atoms with Crippen LogP contribution in [0.2, 0.25) is 0 Å². The number of nitrogens with zero attached hydrogens (tertiary/aromatic N) is 2. The first kappa shape index (κ1) is 16.1. The highest BCUT2D eigenvalue weighted by molar-refractivity contribution is 5.86. The molecule has 0 aromatic rings. The van der Waals surface area contributed by atoms with Gasteiger partial charge in [0.2, 0.25) is 0 Å². The molecule has 1 spiro atoms. The predicted octanol–water partition coefficient (Wildman–Crippen LogP) is 1.22. The molecule has 1 amide bonds. The Morgan fingerprint density at radius 3 is 2.73 bits per heavy atom. The molecule has 0 radical (unpaired) electrons. The zero-order chi connectivity index (χ0) is 15.6. The minimum atomic E-state index is -1.64. The zero-order valence-corrected chi connectivity index (χ0v) is 13.5. The highest BCUT2D eigenvalue weighted by Crippen LogP contribution is 2.38. The number of carbonyl (C=O) groups is 1. The van der Waals surface area contributed by atoms with Crippen molar-refractivity contribution in [2.75, 3.05) is 52.5 Å². The molecule has 5 nitrogen and oxygen atoms in total. The molecule has 1 atom stereocenters. The highest BCUT2D eigenvalue weighted by atomic mass is 19.1. The summed E-state index contributed by atoms with van der Waals surface area (Å²) in [5, 5.41) is 0.